The summed E-state index contributed by atoms with van der Waals surface area (Å²) in [5.41, 5.74) is -1.30. The van der Waals surface area contributed by atoms with E-state index in [0.717, 1.165) is 0 Å². The molecule has 0 unspecified atom stereocenters. The number of hydrogen-bond acceptors (Lipinski definition) is 4. The fourth-order valence-electron chi connectivity index (χ4n) is 1.39. The molecule has 0 aliphatic heterocycles. The maximum atomic E-state index is 11.8. The van der Waals surface area contributed by atoms with Gasteiger partial charge in [-0.05, 0) is 26.0 Å². The minimum atomic E-state index is -1.76. The minimum Gasteiger partial charge on any atom is -0.467 e. The van der Waals surface area contributed by atoms with Gasteiger partial charge in [0.2, 0.25) is 0 Å². The van der Waals surface area contributed by atoms with Crippen LogP contribution in [0.2, 0.25) is 0 Å². The van der Waals surface area contributed by atoms with Crippen molar-refractivity contribution >= 4 is 11.9 Å². The van der Waals surface area contributed by atoms with Crippen LogP contribution < -0.4 is 5.32 Å². The number of methoxy groups -OCH3 is 1. The van der Waals surface area contributed by atoms with E-state index in [4.69, 9.17) is 0 Å². The van der Waals surface area contributed by atoms with Crippen molar-refractivity contribution < 1.29 is 19.4 Å². The molecule has 1 aromatic carbocycles. The SMILES string of the molecule is COC(=O)[C@](C)(O)[C@@H](C)NC(=O)c1ccccc1. The average molecular weight is 251 g/mol. The monoisotopic (exact) mass is 251 g/mol. The maximum absolute atomic E-state index is 11.8. The van der Waals surface area contributed by atoms with Crippen molar-refractivity contribution in [1.82, 2.24) is 5.32 Å². The van der Waals surface area contributed by atoms with Crippen molar-refractivity contribution in [3.63, 3.8) is 0 Å². The zero-order valence-electron chi connectivity index (χ0n) is 10.6. The molecule has 2 atom stereocenters. The topological polar surface area (TPSA) is 75.6 Å². The summed E-state index contributed by atoms with van der Waals surface area (Å²) in [5, 5.41) is 12.5. The third-order valence-electron chi connectivity index (χ3n) is 2.83. The van der Waals surface area contributed by atoms with Gasteiger partial charge >= 0.3 is 5.97 Å². The number of esters is 1. The molecule has 0 aromatic heterocycles. The fraction of sp³-hybridized carbons (Fsp3) is 0.385. The van der Waals surface area contributed by atoms with Gasteiger partial charge in [0.05, 0.1) is 13.2 Å². The van der Waals surface area contributed by atoms with Crippen molar-refractivity contribution in [3.8, 4) is 0 Å². The van der Waals surface area contributed by atoms with Crippen LogP contribution in [-0.4, -0.2) is 35.7 Å². The largest absolute Gasteiger partial charge is 0.467 e. The van der Waals surface area contributed by atoms with E-state index >= 15 is 0 Å². The number of aliphatic hydroxyl groups is 1. The highest BCUT2D eigenvalue weighted by Gasteiger charge is 2.38. The molecule has 5 nitrogen and oxygen atoms in total. The van der Waals surface area contributed by atoms with Gasteiger partial charge in [-0.15, -0.1) is 0 Å². The summed E-state index contributed by atoms with van der Waals surface area (Å²) in [4.78, 5) is 23.2. The van der Waals surface area contributed by atoms with Crippen molar-refractivity contribution in [1.29, 1.82) is 0 Å². The first-order valence-electron chi connectivity index (χ1n) is 5.56. The summed E-state index contributed by atoms with van der Waals surface area (Å²) in [5.74, 6) is -1.14. The van der Waals surface area contributed by atoms with Crippen LogP contribution in [-0.2, 0) is 9.53 Å². The second kappa shape index (κ2) is 5.64. The fourth-order valence-corrected chi connectivity index (χ4v) is 1.39. The van der Waals surface area contributed by atoms with E-state index in [1.807, 2.05) is 0 Å². The van der Waals surface area contributed by atoms with Gasteiger partial charge < -0.3 is 15.2 Å². The second-order valence-electron chi connectivity index (χ2n) is 4.20. The zero-order chi connectivity index (χ0) is 13.8. The molecule has 0 saturated heterocycles. The van der Waals surface area contributed by atoms with E-state index < -0.39 is 17.6 Å². The molecule has 0 saturated carbocycles. The number of benzene rings is 1. The zero-order valence-corrected chi connectivity index (χ0v) is 10.6. The number of nitrogens with one attached hydrogen (secondary N) is 1. The predicted octanol–water partition coefficient (Wildman–Crippen LogP) is 0.729. The molecule has 0 aliphatic rings. The highest BCUT2D eigenvalue weighted by molar-refractivity contribution is 5.95. The molecule has 1 rings (SSSR count). The highest BCUT2D eigenvalue weighted by Crippen LogP contribution is 2.12. The lowest BCUT2D eigenvalue weighted by Crippen LogP contribution is -2.54. The Labute approximate surface area is 106 Å². The van der Waals surface area contributed by atoms with Gasteiger partial charge in [0.15, 0.2) is 5.60 Å². The van der Waals surface area contributed by atoms with Crippen molar-refractivity contribution in [2.75, 3.05) is 7.11 Å². The van der Waals surface area contributed by atoms with Gasteiger partial charge in [-0.2, -0.15) is 0 Å². The Morgan fingerprint density at radius 1 is 1.33 bits per heavy atom. The van der Waals surface area contributed by atoms with E-state index in [0.29, 0.717) is 5.56 Å². The van der Waals surface area contributed by atoms with Gasteiger partial charge in [0.1, 0.15) is 0 Å². The third kappa shape index (κ3) is 3.07. The molecule has 98 valence electrons. The first kappa shape index (κ1) is 14.2. The van der Waals surface area contributed by atoms with E-state index in [2.05, 4.69) is 10.1 Å². The van der Waals surface area contributed by atoms with Crippen molar-refractivity contribution in [3.05, 3.63) is 35.9 Å². The van der Waals surface area contributed by atoms with Crippen molar-refractivity contribution in [2.24, 2.45) is 0 Å². The molecule has 1 amide bonds. The van der Waals surface area contributed by atoms with Gasteiger partial charge in [0.25, 0.3) is 5.91 Å². The summed E-state index contributed by atoms with van der Waals surface area (Å²) in [6.45, 7) is 2.84. The predicted molar refractivity (Wildman–Crippen MR) is 66.0 cm³/mol. The summed E-state index contributed by atoms with van der Waals surface area (Å²) >= 11 is 0. The Morgan fingerprint density at radius 2 is 1.89 bits per heavy atom. The van der Waals surface area contributed by atoms with E-state index in [9.17, 15) is 14.7 Å². The van der Waals surface area contributed by atoms with E-state index in [1.165, 1.54) is 21.0 Å². The minimum absolute atomic E-state index is 0.354. The van der Waals surface area contributed by atoms with Crippen LogP contribution >= 0.6 is 0 Å². The number of carbonyl (C=O) groups excluding carboxylic acids is 2. The van der Waals surface area contributed by atoms with E-state index in [1.54, 1.807) is 30.3 Å². The van der Waals surface area contributed by atoms with Gasteiger partial charge in [-0.1, -0.05) is 18.2 Å². The van der Waals surface area contributed by atoms with Crippen LogP contribution in [0.3, 0.4) is 0 Å². The standard InChI is InChI=1S/C13H17NO4/c1-9(13(2,17)12(16)18-3)14-11(15)10-7-5-4-6-8-10/h4-9,17H,1-3H3,(H,14,15)/t9-,13-/m1/s1. The summed E-state index contributed by atoms with van der Waals surface area (Å²) in [6.07, 6.45) is 0. The normalized spacial score (nSPS) is 15.3. The number of rotatable bonds is 4. The Kier molecular flexibility index (Phi) is 4.44. The number of ether oxygens (including phenoxy) is 1. The van der Waals surface area contributed by atoms with Gasteiger partial charge in [-0.3, -0.25) is 4.79 Å². The average Bonchev–Trinajstić information content (AvgIpc) is 2.38. The smallest absolute Gasteiger partial charge is 0.339 e. The van der Waals surface area contributed by atoms with Crippen LogP contribution in [0.15, 0.2) is 30.3 Å². The summed E-state index contributed by atoms with van der Waals surface area (Å²) in [6, 6.07) is 7.79. The molecule has 5 heteroatoms. The first-order chi connectivity index (χ1) is 8.39. The second-order valence-corrected chi connectivity index (χ2v) is 4.20. The third-order valence-corrected chi connectivity index (χ3v) is 2.83. The lowest BCUT2D eigenvalue weighted by atomic mass is 9.98. The Hall–Kier alpha value is -1.88. The molecule has 0 fully saturated rings. The van der Waals surface area contributed by atoms with Crippen LogP contribution in [0.4, 0.5) is 0 Å². The molecule has 0 bridgehead atoms. The molecule has 0 heterocycles. The maximum Gasteiger partial charge on any atom is 0.339 e. The highest BCUT2D eigenvalue weighted by atomic mass is 16.5. The first-order valence-corrected chi connectivity index (χ1v) is 5.56. The van der Waals surface area contributed by atoms with Gasteiger partial charge in [0, 0.05) is 5.56 Å². The Balaban J connectivity index is 2.74. The van der Waals surface area contributed by atoms with Crippen molar-refractivity contribution in [2.45, 2.75) is 25.5 Å². The Morgan fingerprint density at radius 3 is 2.39 bits per heavy atom. The number of carbonyl (C=O) groups is 2. The van der Waals surface area contributed by atoms with Gasteiger partial charge in [-0.25, -0.2) is 4.79 Å². The molecular weight excluding hydrogens is 234 g/mol. The molecule has 1 aromatic rings. The Bertz CT molecular complexity index is 428. The lowest BCUT2D eigenvalue weighted by Gasteiger charge is -2.28. The number of hydrogen-bond donors (Lipinski definition) is 2. The van der Waals surface area contributed by atoms with Crippen LogP contribution in [0.5, 0.6) is 0 Å². The molecule has 18 heavy (non-hydrogen) atoms. The van der Waals surface area contributed by atoms with Crippen LogP contribution in [0.1, 0.15) is 24.2 Å². The summed E-state index contributed by atoms with van der Waals surface area (Å²) in [7, 11) is 1.18. The quantitative estimate of drug-likeness (QED) is 0.773. The summed E-state index contributed by atoms with van der Waals surface area (Å²) < 4.78 is 4.48. The van der Waals surface area contributed by atoms with E-state index in [-0.39, 0.29) is 5.91 Å². The molecule has 0 spiro atoms. The molecule has 2 N–H and O–H groups in total. The molecule has 0 aliphatic carbocycles. The van der Waals surface area contributed by atoms with Crippen LogP contribution in [0, 0.1) is 0 Å². The molecular formula is C13H17NO4. The molecule has 0 radical (unpaired) electrons. The lowest BCUT2D eigenvalue weighted by molar-refractivity contribution is -0.162. The number of amides is 1. The van der Waals surface area contributed by atoms with Crippen LogP contribution in [0.25, 0.3) is 0 Å².